The lowest BCUT2D eigenvalue weighted by Crippen LogP contribution is -1.86. The van der Waals surface area contributed by atoms with E-state index in [-0.39, 0.29) is 5.82 Å². The number of nitrogens with zero attached hydrogens (tertiary/aromatic N) is 2. The van der Waals surface area contributed by atoms with E-state index >= 15 is 0 Å². The zero-order chi connectivity index (χ0) is 8.27. The summed E-state index contributed by atoms with van der Waals surface area (Å²) in [6.45, 7) is 3.49. The van der Waals surface area contributed by atoms with Crippen LogP contribution in [0.3, 0.4) is 0 Å². The maximum atomic E-state index is 10.1. The van der Waals surface area contributed by atoms with Crippen LogP contribution in [0.1, 0.15) is 5.69 Å². The van der Waals surface area contributed by atoms with Crippen molar-refractivity contribution in [3.8, 4) is 0 Å². The van der Waals surface area contributed by atoms with Gasteiger partial charge in [0.2, 0.25) is 0 Å². The Morgan fingerprint density at radius 1 is 1.91 bits per heavy atom. The molecule has 0 fully saturated rings. The van der Waals surface area contributed by atoms with E-state index in [2.05, 4.69) is 16.8 Å². The molecule has 0 aliphatic heterocycles. The fourth-order valence-corrected chi connectivity index (χ4v) is 0.697. The number of hydrogen-bond acceptors (Lipinski definition) is 3. The smallest absolute Gasteiger partial charge is 0.342 e. The first-order chi connectivity index (χ1) is 5.24. The zero-order valence-electron chi connectivity index (χ0n) is 5.78. The van der Waals surface area contributed by atoms with Crippen LogP contribution in [0.5, 0.6) is 0 Å². The Bertz CT molecular complexity index is 279. The van der Waals surface area contributed by atoms with Crippen molar-refractivity contribution in [1.29, 1.82) is 0 Å². The Morgan fingerprint density at radius 3 is 3.09 bits per heavy atom. The Hall–Kier alpha value is -1.65. The van der Waals surface area contributed by atoms with Crippen molar-refractivity contribution in [2.75, 3.05) is 0 Å². The van der Waals surface area contributed by atoms with Crippen LogP contribution >= 0.6 is 0 Å². The molecule has 1 aromatic heterocycles. The predicted molar refractivity (Wildman–Crippen MR) is 39.1 cm³/mol. The zero-order valence-corrected chi connectivity index (χ0v) is 5.78. The van der Waals surface area contributed by atoms with E-state index in [4.69, 9.17) is 0 Å². The molecule has 58 valence electrons. The van der Waals surface area contributed by atoms with E-state index in [9.17, 15) is 10.1 Å². The number of hydrogen-bond donors (Lipinski definition) is 1. The number of H-pyrrole nitrogens is 1. The van der Waals surface area contributed by atoms with Crippen molar-refractivity contribution in [2.45, 2.75) is 6.42 Å². The van der Waals surface area contributed by atoms with Gasteiger partial charge in [0, 0.05) is 6.42 Å². The molecule has 0 saturated heterocycles. The van der Waals surface area contributed by atoms with Crippen LogP contribution in [-0.4, -0.2) is 15.1 Å². The second-order valence-electron chi connectivity index (χ2n) is 1.99. The van der Waals surface area contributed by atoms with Gasteiger partial charge in [0.05, 0.1) is 11.8 Å². The second-order valence-corrected chi connectivity index (χ2v) is 1.99. The largest absolute Gasteiger partial charge is 0.358 e. The van der Waals surface area contributed by atoms with Crippen molar-refractivity contribution in [1.82, 2.24) is 10.2 Å². The highest BCUT2D eigenvalue weighted by Gasteiger charge is 2.07. The molecule has 1 heterocycles. The molecular formula is C6H7N3O2. The van der Waals surface area contributed by atoms with Crippen molar-refractivity contribution < 1.29 is 4.92 Å². The van der Waals surface area contributed by atoms with Gasteiger partial charge < -0.3 is 10.1 Å². The Labute approximate surface area is 62.9 Å². The average molecular weight is 153 g/mol. The topological polar surface area (TPSA) is 71.8 Å². The van der Waals surface area contributed by atoms with Gasteiger partial charge in [-0.25, -0.2) is 0 Å². The summed E-state index contributed by atoms with van der Waals surface area (Å²) in [4.78, 5) is 9.61. The van der Waals surface area contributed by atoms with Crippen LogP contribution in [0.25, 0.3) is 0 Å². The van der Waals surface area contributed by atoms with E-state index in [1.54, 1.807) is 6.08 Å². The van der Waals surface area contributed by atoms with E-state index in [0.717, 1.165) is 0 Å². The van der Waals surface area contributed by atoms with Crippen LogP contribution < -0.4 is 0 Å². The summed E-state index contributed by atoms with van der Waals surface area (Å²) in [6.07, 6.45) is 2.18. The minimum atomic E-state index is -0.514. The highest BCUT2D eigenvalue weighted by atomic mass is 16.6. The Kier molecular flexibility index (Phi) is 2.00. The van der Waals surface area contributed by atoms with Gasteiger partial charge in [0.25, 0.3) is 0 Å². The third kappa shape index (κ3) is 1.64. The molecule has 0 radical (unpaired) electrons. The molecule has 11 heavy (non-hydrogen) atoms. The van der Waals surface area contributed by atoms with Crippen molar-refractivity contribution >= 4 is 5.82 Å². The molecule has 0 spiro atoms. The SMILES string of the molecule is C=CCc1cc([N+](=O)[O-])[nH]n1. The third-order valence-corrected chi connectivity index (χ3v) is 1.17. The lowest BCUT2D eigenvalue weighted by Gasteiger charge is -1.83. The predicted octanol–water partition coefficient (Wildman–Crippen LogP) is 1.05. The molecule has 0 bridgehead atoms. The number of aromatic amines is 1. The van der Waals surface area contributed by atoms with Gasteiger partial charge in [-0.3, -0.25) is 0 Å². The van der Waals surface area contributed by atoms with Crippen LogP contribution in [0.4, 0.5) is 5.82 Å². The van der Waals surface area contributed by atoms with Gasteiger partial charge in [-0.1, -0.05) is 11.2 Å². The van der Waals surface area contributed by atoms with Gasteiger partial charge in [0.1, 0.15) is 0 Å². The molecule has 0 atom stereocenters. The Balaban J connectivity index is 2.81. The second kappa shape index (κ2) is 2.96. The van der Waals surface area contributed by atoms with Crippen LogP contribution in [0, 0.1) is 10.1 Å². The molecule has 0 unspecified atom stereocenters. The number of nitro groups is 1. The first-order valence-corrected chi connectivity index (χ1v) is 3.03. The molecule has 0 amide bonds. The van der Waals surface area contributed by atoms with E-state index in [0.29, 0.717) is 12.1 Å². The lowest BCUT2D eigenvalue weighted by atomic mass is 10.3. The summed E-state index contributed by atoms with van der Waals surface area (Å²) < 4.78 is 0. The number of nitrogens with one attached hydrogen (secondary N) is 1. The summed E-state index contributed by atoms with van der Waals surface area (Å²) in [5.41, 5.74) is 0.631. The quantitative estimate of drug-likeness (QED) is 0.400. The molecule has 0 saturated carbocycles. The fraction of sp³-hybridized carbons (Fsp3) is 0.167. The highest BCUT2D eigenvalue weighted by molar-refractivity contribution is 5.21. The molecule has 1 rings (SSSR count). The van der Waals surface area contributed by atoms with Gasteiger partial charge in [-0.05, 0) is 4.92 Å². The van der Waals surface area contributed by atoms with Gasteiger partial charge >= 0.3 is 5.82 Å². The standard InChI is InChI=1S/C6H7N3O2/c1-2-3-5-4-6(8-7-5)9(10)11/h2,4H,1,3H2,(H,7,8). The first kappa shape index (κ1) is 7.46. The summed E-state index contributed by atoms with van der Waals surface area (Å²) in [7, 11) is 0. The fourth-order valence-electron chi connectivity index (χ4n) is 0.697. The normalized spacial score (nSPS) is 9.45. The maximum Gasteiger partial charge on any atom is 0.342 e. The molecule has 5 nitrogen and oxygen atoms in total. The van der Waals surface area contributed by atoms with Gasteiger partial charge in [-0.15, -0.1) is 11.7 Å². The molecule has 5 heteroatoms. The van der Waals surface area contributed by atoms with Crippen LogP contribution in [0.15, 0.2) is 18.7 Å². The summed E-state index contributed by atoms with van der Waals surface area (Å²) in [6, 6.07) is 1.39. The minimum absolute atomic E-state index is 0.0816. The molecule has 1 N–H and O–H groups in total. The van der Waals surface area contributed by atoms with E-state index in [1.165, 1.54) is 6.07 Å². The summed E-state index contributed by atoms with van der Waals surface area (Å²) >= 11 is 0. The van der Waals surface area contributed by atoms with Crippen molar-refractivity contribution in [2.24, 2.45) is 0 Å². The van der Waals surface area contributed by atoms with Crippen LogP contribution in [0.2, 0.25) is 0 Å². The highest BCUT2D eigenvalue weighted by Crippen LogP contribution is 2.07. The minimum Gasteiger partial charge on any atom is -0.358 e. The van der Waals surface area contributed by atoms with Crippen molar-refractivity contribution in [3.63, 3.8) is 0 Å². The first-order valence-electron chi connectivity index (χ1n) is 3.03. The monoisotopic (exact) mass is 153 g/mol. The maximum absolute atomic E-state index is 10.1. The lowest BCUT2D eigenvalue weighted by molar-refractivity contribution is -0.389. The van der Waals surface area contributed by atoms with Crippen LogP contribution in [-0.2, 0) is 6.42 Å². The molecule has 0 aromatic carbocycles. The average Bonchev–Trinajstić information content (AvgIpc) is 2.37. The van der Waals surface area contributed by atoms with Crippen molar-refractivity contribution in [3.05, 3.63) is 34.5 Å². The number of rotatable bonds is 3. The molecule has 0 aliphatic rings. The molecular weight excluding hydrogens is 146 g/mol. The van der Waals surface area contributed by atoms with E-state index in [1.807, 2.05) is 0 Å². The summed E-state index contributed by atoms with van der Waals surface area (Å²) in [5, 5.41) is 16.1. The number of aromatic nitrogens is 2. The molecule has 1 aromatic rings. The van der Waals surface area contributed by atoms with Gasteiger partial charge in [0.15, 0.2) is 0 Å². The summed E-state index contributed by atoms with van der Waals surface area (Å²) in [5.74, 6) is -0.0816. The molecule has 0 aliphatic carbocycles. The number of allylic oxidation sites excluding steroid dienone is 1. The Morgan fingerprint density at radius 2 is 2.64 bits per heavy atom. The third-order valence-electron chi connectivity index (χ3n) is 1.17. The van der Waals surface area contributed by atoms with Gasteiger partial charge in [-0.2, -0.15) is 0 Å². The van der Waals surface area contributed by atoms with E-state index < -0.39 is 4.92 Å².